The van der Waals surface area contributed by atoms with Crippen LogP contribution in [0.4, 0.5) is 0 Å². The summed E-state index contributed by atoms with van der Waals surface area (Å²) >= 11 is 0. The fraction of sp³-hybridized carbons (Fsp3) is 0.389. The molecule has 0 radical (unpaired) electrons. The summed E-state index contributed by atoms with van der Waals surface area (Å²) in [4.78, 5) is 21.9. The molecule has 0 amide bonds. The van der Waals surface area contributed by atoms with E-state index in [1.54, 1.807) is 25.0 Å². The molecule has 2 aromatic heterocycles. The average molecular weight is 341 g/mol. The number of rotatable bonds is 6. The van der Waals surface area contributed by atoms with Crippen LogP contribution in [0.5, 0.6) is 5.75 Å². The Kier molecular flexibility index (Phi) is 4.85. The lowest BCUT2D eigenvalue weighted by Gasteiger charge is -2.27. The van der Waals surface area contributed by atoms with Crippen molar-refractivity contribution in [2.24, 2.45) is 7.05 Å². The van der Waals surface area contributed by atoms with E-state index in [-0.39, 0.29) is 11.6 Å². The van der Waals surface area contributed by atoms with Crippen molar-refractivity contribution in [3.8, 4) is 5.75 Å². The van der Waals surface area contributed by atoms with Gasteiger partial charge < -0.3 is 9.72 Å². The number of ether oxygens (including phenoxy) is 1. The highest BCUT2D eigenvalue weighted by Crippen LogP contribution is 2.24. The molecule has 0 aliphatic carbocycles. The van der Waals surface area contributed by atoms with Crippen LogP contribution in [0.1, 0.15) is 31.3 Å². The van der Waals surface area contributed by atoms with Crippen LogP contribution in [0.3, 0.4) is 0 Å². The predicted octanol–water partition coefficient (Wildman–Crippen LogP) is 2.25. The van der Waals surface area contributed by atoms with Crippen LogP contribution in [-0.2, 0) is 13.6 Å². The third kappa shape index (κ3) is 3.41. The second-order valence-electron chi connectivity index (χ2n) is 6.03. The first-order valence-corrected chi connectivity index (χ1v) is 8.32. The van der Waals surface area contributed by atoms with E-state index in [1.807, 2.05) is 18.2 Å². The lowest BCUT2D eigenvalue weighted by Crippen LogP contribution is -2.28. The molecule has 1 N–H and O–H groups in total. The predicted molar refractivity (Wildman–Crippen MR) is 96.6 cm³/mol. The highest BCUT2D eigenvalue weighted by Gasteiger charge is 2.17. The number of nitrogens with zero attached hydrogens (tertiary/aromatic N) is 4. The average Bonchev–Trinajstić information content (AvgIpc) is 3.00. The molecule has 7 heteroatoms. The van der Waals surface area contributed by atoms with Crippen LogP contribution < -0.4 is 10.3 Å². The van der Waals surface area contributed by atoms with Gasteiger partial charge >= 0.3 is 0 Å². The second kappa shape index (κ2) is 7.06. The van der Waals surface area contributed by atoms with Crippen molar-refractivity contribution in [2.45, 2.75) is 26.4 Å². The molecular weight excluding hydrogens is 318 g/mol. The number of benzene rings is 1. The van der Waals surface area contributed by atoms with E-state index in [2.05, 4.69) is 39.9 Å². The summed E-state index contributed by atoms with van der Waals surface area (Å²) in [6.07, 6.45) is 1.54. The summed E-state index contributed by atoms with van der Waals surface area (Å²) in [6, 6.07) is 8.19. The van der Waals surface area contributed by atoms with Crippen LogP contribution in [0, 0.1) is 0 Å². The molecule has 0 fully saturated rings. The van der Waals surface area contributed by atoms with Crippen LogP contribution >= 0.6 is 0 Å². The minimum atomic E-state index is -0.154. The number of hydrogen-bond acceptors (Lipinski definition) is 5. The Bertz CT molecular complexity index is 931. The van der Waals surface area contributed by atoms with Gasteiger partial charge in [-0.2, -0.15) is 5.10 Å². The van der Waals surface area contributed by atoms with Crippen molar-refractivity contribution in [1.82, 2.24) is 24.6 Å². The molecule has 3 aromatic rings. The second-order valence-corrected chi connectivity index (χ2v) is 6.03. The first-order valence-electron chi connectivity index (χ1n) is 8.32. The lowest BCUT2D eigenvalue weighted by molar-refractivity contribution is 0.207. The molecule has 0 aliphatic heterocycles. The van der Waals surface area contributed by atoms with Gasteiger partial charge in [0, 0.05) is 13.1 Å². The molecule has 3 rings (SSSR count). The summed E-state index contributed by atoms with van der Waals surface area (Å²) in [6.45, 7) is 5.60. The summed E-state index contributed by atoms with van der Waals surface area (Å²) in [5.74, 6) is 1.47. The van der Waals surface area contributed by atoms with Gasteiger partial charge in [0.25, 0.3) is 5.56 Å². The standard InChI is InChI=1S/C18H23N5O2/c1-5-23(12(2)13-7-6-8-14(9-13)25-4)11-16-20-17-15(18(24)21-16)10-19-22(17)3/h6-10,12H,5,11H2,1-4H3,(H,20,21,24). The van der Waals surface area contributed by atoms with Crippen molar-refractivity contribution in [1.29, 1.82) is 0 Å². The lowest BCUT2D eigenvalue weighted by atomic mass is 10.1. The molecule has 0 bridgehead atoms. The maximum atomic E-state index is 12.2. The van der Waals surface area contributed by atoms with Crippen LogP contribution in [0.2, 0.25) is 0 Å². The van der Waals surface area contributed by atoms with E-state index >= 15 is 0 Å². The number of aromatic nitrogens is 4. The van der Waals surface area contributed by atoms with Crippen molar-refractivity contribution in [2.75, 3.05) is 13.7 Å². The van der Waals surface area contributed by atoms with E-state index in [0.29, 0.717) is 23.4 Å². The Labute approximate surface area is 146 Å². The Balaban J connectivity index is 1.88. The molecule has 1 aromatic carbocycles. The molecule has 2 heterocycles. The number of hydrogen-bond donors (Lipinski definition) is 1. The highest BCUT2D eigenvalue weighted by molar-refractivity contribution is 5.72. The monoisotopic (exact) mass is 341 g/mol. The zero-order valence-electron chi connectivity index (χ0n) is 15.0. The molecule has 0 aliphatic rings. The maximum absolute atomic E-state index is 12.2. The zero-order chi connectivity index (χ0) is 18.0. The molecule has 7 nitrogen and oxygen atoms in total. The highest BCUT2D eigenvalue weighted by atomic mass is 16.5. The number of fused-ring (bicyclic) bond motifs is 1. The van der Waals surface area contributed by atoms with E-state index < -0.39 is 0 Å². The molecule has 0 saturated carbocycles. The summed E-state index contributed by atoms with van der Waals surface area (Å²) in [5.41, 5.74) is 1.60. The number of methoxy groups -OCH3 is 1. The fourth-order valence-corrected chi connectivity index (χ4v) is 2.98. The van der Waals surface area contributed by atoms with E-state index in [4.69, 9.17) is 4.74 Å². The summed E-state index contributed by atoms with van der Waals surface area (Å²) in [5, 5.41) is 4.61. The summed E-state index contributed by atoms with van der Waals surface area (Å²) in [7, 11) is 3.45. The largest absolute Gasteiger partial charge is 0.497 e. The van der Waals surface area contributed by atoms with Gasteiger partial charge in [0.2, 0.25) is 0 Å². The maximum Gasteiger partial charge on any atom is 0.262 e. The third-order valence-electron chi connectivity index (χ3n) is 4.53. The Morgan fingerprint density at radius 2 is 2.20 bits per heavy atom. The Morgan fingerprint density at radius 3 is 2.92 bits per heavy atom. The minimum Gasteiger partial charge on any atom is -0.497 e. The van der Waals surface area contributed by atoms with Crippen LogP contribution in [-0.4, -0.2) is 38.3 Å². The van der Waals surface area contributed by atoms with Gasteiger partial charge in [0.15, 0.2) is 5.65 Å². The van der Waals surface area contributed by atoms with E-state index in [1.165, 1.54) is 0 Å². The van der Waals surface area contributed by atoms with Gasteiger partial charge in [-0.05, 0) is 31.2 Å². The van der Waals surface area contributed by atoms with Gasteiger partial charge in [0.1, 0.15) is 17.0 Å². The fourth-order valence-electron chi connectivity index (χ4n) is 2.98. The minimum absolute atomic E-state index is 0.154. The van der Waals surface area contributed by atoms with Gasteiger partial charge in [-0.15, -0.1) is 0 Å². The Hall–Kier alpha value is -2.67. The molecule has 0 spiro atoms. The van der Waals surface area contributed by atoms with Gasteiger partial charge in [0.05, 0.1) is 19.9 Å². The number of aromatic amines is 1. The molecule has 25 heavy (non-hydrogen) atoms. The smallest absolute Gasteiger partial charge is 0.262 e. The first-order chi connectivity index (χ1) is 12.0. The molecule has 0 saturated heterocycles. The van der Waals surface area contributed by atoms with Crippen LogP contribution in [0.15, 0.2) is 35.3 Å². The number of H-pyrrole nitrogens is 1. The van der Waals surface area contributed by atoms with Gasteiger partial charge in [-0.25, -0.2) is 4.98 Å². The van der Waals surface area contributed by atoms with Gasteiger partial charge in [-0.3, -0.25) is 14.4 Å². The van der Waals surface area contributed by atoms with Crippen molar-refractivity contribution >= 4 is 11.0 Å². The number of aryl methyl sites for hydroxylation is 1. The Morgan fingerprint density at radius 1 is 1.40 bits per heavy atom. The van der Waals surface area contributed by atoms with Crippen molar-refractivity contribution in [3.05, 3.63) is 52.2 Å². The summed E-state index contributed by atoms with van der Waals surface area (Å²) < 4.78 is 6.94. The normalized spacial score (nSPS) is 12.7. The van der Waals surface area contributed by atoms with Crippen molar-refractivity contribution in [3.63, 3.8) is 0 Å². The van der Waals surface area contributed by atoms with Crippen LogP contribution in [0.25, 0.3) is 11.0 Å². The van der Waals surface area contributed by atoms with Crippen molar-refractivity contribution < 1.29 is 4.74 Å². The quantitative estimate of drug-likeness (QED) is 0.744. The molecule has 1 unspecified atom stereocenters. The van der Waals surface area contributed by atoms with E-state index in [0.717, 1.165) is 17.9 Å². The first kappa shape index (κ1) is 17.2. The van der Waals surface area contributed by atoms with E-state index in [9.17, 15) is 4.79 Å². The SMILES string of the molecule is CCN(Cc1nc2c(cnn2C)c(=O)[nH]1)C(C)c1cccc(OC)c1. The zero-order valence-corrected chi connectivity index (χ0v) is 15.0. The third-order valence-corrected chi connectivity index (χ3v) is 4.53. The molecule has 1 atom stereocenters. The topological polar surface area (TPSA) is 76.0 Å². The van der Waals surface area contributed by atoms with Gasteiger partial charge in [-0.1, -0.05) is 19.1 Å². The number of nitrogens with one attached hydrogen (secondary N) is 1. The molecular formula is C18H23N5O2. The molecule has 132 valence electrons.